The lowest BCUT2D eigenvalue weighted by Crippen LogP contribution is -2.40. The van der Waals surface area contributed by atoms with E-state index in [4.69, 9.17) is 11.5 Å². The van der Waals surface area contributed by atoms with Crippen molar-refractivity contribution in [3.05, 3.63) is 23.8 Å². The minimum Gasteiger partial charge on any atom is -0.399 e. The number of carbonyl (C=O) groups excluding carboxylic acids is 1. The number of rotatable bonds is 3. The van der Waals surface area contributed by atoms with Crippen molar-refractivity contribution >= 4 is 17.3 Å². The van der Waals surface area contributed by atoms with Gasteiger partial charge in [-0.25, -0.2) is 0 Å². The topological polar surface area (TPSA) is 72.3 Å². The molecule has 0 saturated carbocycles. The van der Waals surface area contributed by atoms with E-state index in [2.05, 4.69) is 32.6 Å². The fourth-order valence-electron chi connectivity index (χ4n) is 1.85. The summed E-state index contributed by atoms with van der Waals surface area (Å²) in [6.07, 6.45) is 0. The second kappa shape index (κ2) is 4.88. The van der Waals surface area contributed by atoms with Crippen LogP contribution in [-0.4, -0.2) is 19.0 Å². The number of hydrogen-bond acceptors (Lipinski definition) is 3. The van der Waals surface area contributed by atoms with Crippen molar-refractivity contribution in [2.45, 2.75) is 33.7 Å². The van der Waals surface area contributed by atoms with Gasteiger partial charge in [0.1, 0.15) is 0 Å². The second-order valence-electron chi connectivity index (χ2n) is 5.79. The van der Waals surface area contributed by atoms with Gasteiger partial charge >= 0.3 is 0 Å². The molecule has 0 aliphatic carbocycles. The van der Waals surface area contributed by atoms with Gasteiger partial charge in [-0.3, -0.25) is 4.79 Å². The monoisotopic (exact) mass is 249 g/mol. The Morgan fingerprint density at radius 2 is 1.89 bits per heavy atom. The third-order valence-electron chi connectivity index (χ3n) is 3.50. The van der Waals surface area contributed by atoms with Gasteiger partial charge < -0.3 is 16.4 Å². The Morgan fingerprint density at radius 3 is 2.33 bits per heavy atom. The molecule has 1 amide bonds. The number of anilines is 2. The lowest BCUT2D eigenvalue weighted by Gasteiger charge is -2.37. The highest BCUT2D eigenvalue weighted by atomic mass is 16.1. The summed E-state index contributed by atoms with van der Waals surface area (Å²) in [5.41, 5.74) is 13.0. The van der Waals surface area contributed by atoms with E-state index in [-0.39, 0.29) is 11.5 Å². The zero-order valence-electron chi connectivity index (χ0n) is 11.8. The molecule has 100 valence electrons. The maximum Gasteiger partial charge on any atom is 0.250 e. The summed E-state index contributed by atoms with van der Waals surface area (Å²) in [6, 6.07) is 5.52. The number of nitrogens with two attached hydrogens (primary N) is 2. The van der Waals surface area contributed by atoms with Crippen molar-refractivity contribution in [3.8, 4) is 0 Å². The second-order valence-corrected chi connectivity index (χ2v) is 5.79. The first-order valence-corrected chi connectivity index (χ1v) is 6.06. The van der Waals surface area contributed by atoms with Crippen molar-refractivity contribution in [2.24, 2.45) is 11.1 Å². The molecular formula is C14H23N3O. The number of carbonyl (C=O) groups is 1. The lowest BCUT2D eigenvalue weighted by atomic mass is 9.86. The molecule has 0 saturated heterocycles. The highest BCUT2D eigenvalue weighted by Gasteiger charge is 2.26. The molecule has 18 heavy (non-hydrogen) atoms. The Morgan fingerprint density at radius 1 is 1.33 bits per heavy atom. The van der Waals surface area contributed by atoms with Crippen LogP contribution in [0.4, 0.5) is 11.4 Å². The largest absolute Gasteiger partial charge is 0.399 e. The fraction of sp³-hybridized carbons (Fsp3) is 0.500. The van der Waals surface area contributed by atoms with Crippen LogP contribution in [0.2, 0.25) is 0 Å². The third kappa shape index (κ3) is 2.94. The van der Waals surface area contributed by atoms with Gasteiger partial charge in [0.05, 0.1) is 5.56 Å². The molecular weight excluding hydrogens is 226 g/mol. The Bertz CT molecular complexity index is 449. The Hall–Kier alpha value is -1.71. The molecule has 0 aliphatic heterocycles. The van der Waals surface area contributed by atoms with E-state index in [1.54, 1.807) is 12.1 Å². The minimum atomic E-state index is -0.453. The zero-order valence-corrected chi connectivity index (χ0v) is 11.8. The summed E-state index contributed by atoms with van der Waals surface area (Å²) in [4.78, 5) is 13.6. The van der Waals surface area contributed by atoms with Crippen LogP contribution in [0.3, 0.4) is 0 Å². The molecule has 1 rings (SSSR count). The molecule has 0 spiro atoms. The van der Waals surface area contributed by atoms with Gasteiger partial charge in [0.15, 0.2) is 0 Å². The van der Waals surface area contributed by atoms with Crippen LogP contribution in [-0.2, 0) is 0 Å². The van der Waals surface area contributed by atoms with Crippen molar-refractivity contribution in [2.75, 3.05) is 17.7 Å². The van der Waals surface area contributed by atoms with Gasteiger partial charge in [-0.15, -0.1) is 0 Å². The van der Waals surface area contributed by atoms with E-state index in [0.29, 0.717) is 11.3 Å². The molecule has 1 unspecified atom stereocenters. The van der Waals surface area contributed by atoms with E-state index in [1.807, 2.05) is 13.1 Å². The summed E-state index contributed by atoms with van der Waals surface area (Å²) in [7, 11) is 1.97. The van der Waals surface area contributed by atoms with Crippen molar-refractivity contribution in [3.63, 3.8) is 0 Å². The Balaban J connectivity index is 3.21. The lowest BCUT2D eigenvalue weighted by molar-refractivity contribution is 0.100. The number of hydrogen-bond donors (Lipinski definition) is 2. The number of amides is 1. The van der Waals surface area contributed by atoms with E-state index in [1.165, 1.54) is 0 Å². The van der Waals surface area contributed by atoms with Crippen LogP contribution in [0.1, 0.15) is 38.1 Å². The van der Waals surface area contributed by atoms with Crippen LogP contribution >= 0.6 is 0 Å². The van der Waals surface area contributed by atoms with Gasteiger partial charge in [0.2, 0.25) is 0 Å². The van der Waals surface area contributed by atoms with Gasteiger partial charge in [-0.1, -0.05) is 20.8 Å². The van der Waals surface area contributed by atoms with Crippen LogP contribution in [0.25, 0.3) is 0 Å². The Labute approximate surface area is 109 Å². The number of primary amides is 1. The summed E-state index contributed by atoms with van der Waals surface area (Å²) >= 11 is 0. The molecule has 0 heterocycles. The molecule has 1 atom stereocenters. The van der Waals surface area contributed by atoms with Gasteiger partial charge in [-0.05, 0) is 30.5 Å². The third-order valence-corrected chi connectivity index (χ3v) is 3.50. The number of nitrogens with zero attached hydrogens (tertiary/aromatic N) is 1. The summed E-state index contributed by atoms with van der Waals surface area (Å²) in [6.45, 7) is 8.61. The molecule has 4 N–H and O–H groups in total. The number of nitrogen functional groups attached to an aromatic ring is 1. The van der Waals surface area contributed by atoms with Crippen LogP contribution < -0.4 is 16.4 Å². The predicted molar refractivity (Wildman–Crippen MR) is 76.7 cm³/mol. The molecule has 0 radical (unpaired) electrons. The minimum absolute atomic E-state index is 0.102. The van der Waals surface area contributed by atoms with Crippen LogP contribution in [0, 0.1) is 5.41 Å². The fourth-order valence-corrected chi connectivity index (χ4v) is 1.85. The first-order chi connectivity index (χ1) is 8.14. The molecule has 4 heteroatoms. The van der Waals surface area contributed by atoms with Gasteiger partial charge in [0, 0.05) is 24.5 Å². The molecule has 1 aromatic carbocycles. The van der Waals surface area contributed by atoms with Crippen LogP contribution in [0.15, 0.2) is 18.2 Å². The van der Waals surface area contributed by atoms with Gasteiger partial charge in [0.25, 0.3) is 5.91 Å². The van der Waals surface area contributed by atoms with E-state index in [0.717, 1.165) is 5.69 Å². The maximum atomic E-state index is 11.5. The zero-order chi connectivity index (χ0) is 14.1. The smallest absolute Gasteiger partial charge is 0.250 e. The number of benzene rings is 1. The first-order valence-electron chi connectivity index (χ1n) is 6.06. The van der Waals surface area contributed by atoms with Crippen molar-refractivity contribution in [1.29, 1.82) is 0 Å². The summed E-state index contributed by atoms with van der Waals surface area (Å²) in [5.74, 6) is -0.453. The van der Waals surface area contributed by atoms with Crippen molar-refractivity contribution in [1.82, 2.24) is 0 Å². The molecule has 0 bridgehead atoms. The first kappa shape index (κ1) is 14.4. The van der Waals surface area contributed by atoms with E-state index >= 15 is 0 Å². The maximum absolute atomic E-state index is 11.5. The van der Waals surface area contributed by atoms with Crippen molar-refractivity contribution < 1.29 is 4.79 Å². The molecule has 0 aliphatic rings. The molecule has 0 aromatic heterocycles. The highest BCUT2D eigenvalue weighted by Crippen LogP contribution is 2.30. The molecule has 1 aromatic rings. The predicted octanol–water partition coefficient (Wildman–Crippen LogP) is 2.24. The SMILES string of the molecule is CC(N(C)c1ccc(N)cc1C(N)=O)C(C)(C)C. The normalized spacial score (nSPS) is 13.2. The Kier molecular flexibility index (Phi) is 3.89. The van der Waals surface area contributed by atoms with Crippen LogP contribution in [0.5, 0.6) is 0 Å². The standard InChI is InChI=1S/C14H23N3O/c1-9(14(2,3)4)17(5)12-7-6-10(15)8-11(12)13(16)18/h6-9H,15H2,1-5H3,(H2,16,18). The van der Waals surface area contributed by atoms with E-state index < -0.39 is 5.91 Å². The molecule has 0 fully saturated rings. The highest BCUT2D eigenvalue weighted by molar-refractivity contribution is 5.99. The summed E-state index contributed by atoms with van der Waals surface area (Å²) < 4.78 is 0. The average Bonchev–Trinajstić information content (AvgIpc) is 2.25. The summed E-state index contributed by atoms with van der Waals surface area (Å²) in [5, 5.41) is 0. The average molecular weight is 249 g/mol. The molecule has 4 nitrogen and oxygen atoms in total. The quantitative estimate of drug-likeness (QED) is 0.807. The van der Waals surface area contributed by atoms with E-state index in [9.17, 15) is 4.79 Å². The van der Waals surface area contributed by atoms with Gasteiger partial charge in [-0.2, -0.15) is 0 Å².